The zero-order valence-electron chi connectivity index (χ0n) is 12.3. The van der Waals surface area contributed by atoms with Crippen molar-refractivity contribution in [2.24, 2.45) is 0 Å². The Labute approximate surface area is 130 Å². The van der Waals surface area contributed by atoms with Crippen LogP contribution in [0.2, 0.25) is 0 Å². The maximum atomic E-state index is 12.2. The van der Waals surface area contributed by atoms with Gasteiger partial charge in [-0.3, -0.25) is 24.6 Å². The largest absolute Gasteiger partial charge is 0.298 e. The Morgan fingerprint density at radius 2 is 1.86 bits per heavy atom. The highest BCUT2D eigenvalue weighted by atomic mass is 32.1. The zero-order valence-corrected chi connectivity index (χ0v) is 13.1. The molecule has 0 unspecified atom stereocenters. The molecule has 0 saturated heterocycles. The smallest absolute Gasteiger partial charge is 0.261 e. The number of hydrogen-bond donors (Lipinski definition) is 1. The number of carbonyl (C=O) groups is 3. The van der Waals surface area contributed by atoms with Crippen molar-refractivity contribution in [1.82, 2.24) is 9.88 Å². The normalized spacial score (nSPS) is 13.5. The van der Waals surface area contributed by atoms with Gasteiger partial charge < -0.3 is 0 Å². The Kier molecular flexibility index (Phi) is 3.29. The molecule has 6 nitrogen and oxygen atoms in total. The molecule has 1 aromatic carbocycles. The van der Waals surface area contributed by atoms with Gasteiger partial charge in [0, 0.05) is 17.5 Å². The van der Waals surface area contributed by atoms with Gasteiger partial charge in [-0.1, -0.05) is 0 Å². The van der Waals surface area contributed by atoms with Crippen LogP contribution in [0.15, 0.2) is 18.2 Å². The second-order valence-electron chi connectivity index (χ2n) is 5.04. The van der Waals surface area contributed by atoms with Gasteiger partial charge in [-0.2, -0.15) is 0 Å². The first-order chi connectivity index (χ1) is 10.4. The van der Waals surface area contributed by atoms with E-state index >= 15 is 0 Å². The van der Waals surface area contributed by atoms with Crippen LogP contribution < -0.4 is 5.32 Å². The summed E-state index contributed by atoms with van der Waals surface area (Å²) in [5.74, 6) is -1.10. The van der Waals surface area contributed by atoms with Gasteiger partial charge in [-0.25, -0.2) is 4.98 Å². The van der Waals surface area contributed by atoms with Crippen LogP contribution in [0.4, 0.5) is 5.13 Å². The molecule has 0 bridgehead atoms. The van der Waals surface area contributed by atoms with Crippen molar-refractivity contribution >= 4 is 34.2 Å². The second-order valence-corrected chi connectivity index (χ2v) is 6.25. The number of aryl methyl sites for hydroxylation is 2. The minimum Gasteiger partial charge on any atom is -0.298 e. The van der Waals surface area contributed by atoms with E-state index in [2.05, 4.69) is 10.3 Å². The first kappa shape index (κ1) is 14.4. The number of imide groups is 1. The second kappa shape index (κ2) is 5.03. The molecule has 1 aromatic heterocycles. The van der Waals surface area contributed by atoms with Gasteiger partial charge in [0.15, 0.2) is 5.13 Å². The molecule has 7 heteroatoms. The van der Waals surface area contributed by atoms with E-state index in [1.54, 1.807) is 0 Å². The number of rotatable bonds is 2. The lowest BCUT2D eigenvalue weighted by molar-refractivity contribution is 0.0693. The fourth-order valence-electron chi connectivity index (χ4n) is 2.20. The molecule has 0 atom stereocenters. The van der Waals surface area contributed by atoms with E-state index < -0.39 is 5.91 Å². The number of fused-ring (bicyclic) bond motifs is 1. The summed E-state index contributed by atoms with van der Waals surface area (Å²) in [5, 5.41) is 3.22. The Bertz CT molecular complexity index is 806. The molecule has 1 aliphatic heterocycles. The number of nitrogens with one attached hydrogen (secondary N) is 1. The molecule has 1 aliphatic rings. The molecule has 3 rings (SSSR count). The monoisotopic (exact) mass is 315 g/mol. The van der Waals surface area contributed by atoms with E-state index in [0.29, 0.717) is 16.3 Å². The average Bonchev–Trinajstić information content (AvgIpc) is 2.91. The summed E-state index contributed by atoms with van der Waals surface area (Å²) >= 11 is 1.39. The molecule has 0 radical (unpaired) electrons. The quantitative estimate of drug-likeness (QED) is 0.862. The highest BCUT2D eigenvalue weighted by Gasteiger charge is 2.33. The molecule has 22 heavy (non-hydrogen) atoms. The third-order valence-corrected chi connectivity index (χ3v) is 4.59. The van der Waals surface area contributed by atoms with Crippen LogP contribution in [0, 0.1) is 13.8 Å². The van der Waals surface area contributed by atoms with Crippen LogP contribution >= 0.6 is 11.3 Å². The third kappa shape index (κ3) is 2.19. The predicted molar refractivity (Wildman–Crippen MR) is 82.4 cm³/mol. The van der Waals surface area contributed by atoms with Crippen LogP contribution in [0.25, 0.3) is 0 Å². The van der Waals surface area contributed by atoms with Gasteiger partial charge >= 0.3 is 0 Å². The van der Waals surface area contributed by atoms with Gasteiger partial charge in [-0.05, 0) is 32.0 Å². The number of nitrogens with zero attached hydrogens (tertiary/aromatic N) is 2. The Morgan fingerprint density at radius 1 is 1.18 bits per heavy atom. The number of carbonyl (C=O) groups excluding carboxylic acids is 3. The fraction of sp³-hybridized carbons (Fsp3) is 0.200. The Morgan fingerprint density at radius 3 is 2.50 bits per heavy atom. The summed E-state index contributed by atoms with van der Waals surface area (Å²) < 4.78 is 0. The van der Waals surface area contributed by atoms with Crippen LogP contribution in [-0.4, -0.2) is 34.7 Å². The molecule has 1 N–H and O–H groups in total. The van der Waals surface area contributed by atoms with Gasteiger partial charge in [0.1, 0.15) is 0 Å². The summed E-state index contributed by atoms with van der Waals surface area (Å²) in [6.07, 6.45) is 0. The molecule has 0 saturated carbocycles. The van der Waals surface area contributed by atoms with Crippen molar-refractivity contribution in [2.75, 3.05) is 12.4 Å². The number of amides is 3. The van der Waals surface area contributed by atoms with Crippen molar-refractivity contribution in [3.8, 4) is 0 Å². The highest BCUT2D eigenvalue weighted by Crippen LogP contribution is 2.24. The van der Waals surface area contributed by atoms with Gasteiger partial charge in [0.25, 0.3) is 17.7 Å². The van der Waals surface area contributed by atoms with E-state index in [-0.39, 0.29) is 17.4 Å². The molecular weight excluding hydrogens is 302 g/mol. The molecule has 0 spiro atoms. The molecule has 0 fully saturated rings. The summed E-state index contributed by atoms with van der Waals surface area (Å²) in [4.78, 5) is 42.3. The van der Waals surface area contributed by atoms with E-state index in [1.807, 2.05) is 13.8 Å². The first-order valence-corrected chi connectivity index (χ1v) is 7.42. The maximum absolute atomic E-state index is 12.2. The van der Waals surface area contributed by atoms with Crippen LogP contribution in [0.5, 0.6) is 0 Å². The van der Waals surface area contributed by atoms with Crippen LogP contribution in [0.3, 0.4) is 0 Å². The number of thiazole rings is 1. The SMILES string of the molecule is Cc1nc(NC(=O)c2ccc3c(c2)C(=O)N(C)C3=O)sc1C. The van der Waals surface area contributed by atoms with Gasteiger partial charge in [0.2, 0.25) is 0 Å². The number of anilines is 1. The van der Waals surface area contributed by atoms with Crippen molar-refractivity contribution in [1.29, 1.82) is 0 Å². The van der Waals surface area contributed by atoms with Gasteiger partial charge in [0.05, 0.1) is 16.8 Å². The zero-order chi connectivity index (χ0) is 16.0. The third-order valence-electron chi connectivity index (χ3n) is 3.60. The lowest BCUT2D eigenvalue weighted by Crippen LogP contribution is -2.24. The summed E-state index contributed by atoms with van der Waals surface area (Å²) in [5.41, 5.74) is 1.77. The molecule has 3 amide bonds. The summed E-state index contributed by atoms with van der Waals surface area (Å²) in [6.45, 7) is 3.80. The minimum atomic E-state index is -0.393. The van der Waals surface area contributed by atoms with E-state index in [4.69, 9.17) is 0 Å². The lowest BCUT2D eigenvalue weighted by Gasteiger charge is -2.03. The molecule has 0 aliphatic carbocycles. The van der Waals surface area contributed by atoms with Gasteiger partial charge in [-0.15, -0.1) is 11.3 Å². The van der Waals surface area contributed by atoms with Crippen molar-refractivity contribution in [2.45, 2.75) is 13.8 Å². The highest BCUT2D eigenvalue weighted by molar-refractivity contribution is 7.15. The predicted octanol–water partition coefficient (Wildman–Crippen LogP) is 2.24. The minimum absolute atomic E-state index is 0.256. The molecule has 2 heterocycles. The lowest BCUT2D eigenvalue weighted by atomic mass is 10.1. The van der Waals surface area contributed by atoms with Crippen molar-refractivity contribution in [3.63, 3.8) is 0 Å². The Hall–Kier alpha value is -2.54. The number of aromatic nitrogens is 1. The topological polar surface area (TPSA) is 79.4 Å². The molecule has 2 aromatic rings. The Balaban J connectivity index is 1.89. The van der Waals surface area contributed by atoms with E-state index in [9.17, 15) is 14.4 Å². The summed E-state index contributed by atoms with van der Waals surface area (Å²) in [7, 11) is 1.42. The van der Waals surface area contributed by atoms with Crippen molar-refractivity contribution in [3.05, 3.63) is 45.5 Å². The average molecular weight is 315 g/mol. The van der Waals surface area contributed by atoms with Crippen LogP contribution in [0.1, 0.15) is 41.6 Å². The van der Waals surface area contributed by atoms with E-state index in [0.717, 1.165) is 15.5 Å². The fourth-order valence-corrected chi connectivity index (χ4v) is 3.01. The van der Waals surface area contributed by atoms with E-state index in [1.165, 1.54) is 36.6 Å². The van der Waals surface area contributed by atoms with Crippen LogP contribution in [-0.2, 0) is 0 Å². The summed E-state index contributed by atoms with van der Waals surface area (Å²) in [6, 6.07) is 4.49. The first-order valence-electron chi connectivity index (χ1n) is 6.60. The number of benzene rings is 1. The standard InChI is InChI=1S/C15H13N3O3S/c1-7-8(2)22-15(16-7)17-12(19)9-4-5-10-11(6-9)14(21)18(3)13(10)20/h4-6H,1-3H3,(H,16,17,19). The molecule has 112 valence electrons. The molecular formula is C15H13N3O3S. The number of hydrogen-bond acceptors (Lipinski definition) is 5. The maximum Gasteiger partial charge on any atom is 0.261 e. The van der Waals surface area contributed by atoms with Crippen molar-refractivity contribution < 1.29 is 14.4 Å².